The van der Waals surface area contributed by atoms with E-state index in [9.17, 15) is 0 Å². The van der Waals surface area contributed by atoms with Crippen molar-refractivity contribution in [3.05, 3.63) is 65.4 Å². The molecule has 0 radical (unpaired) electrons. The number of allylic oxidation sites excluding steroid dienone is 1. The van der Waals surface area contributed by atoms with Gasteiger partial charge in [0.25, 0.3) is 0 Å². The van der Waals surface area contributed by atoms with Gasteiger partial charge in [-0.1, -0.05) is 36.4 Å². The summed E-state index contributed by atoms with van der Waals surface area (Å²) < 4.78 is 5.33. The number of benzene rings is 2. The summed E-state index contributed by atoms with van der Waals surface area (Å²) in [7, 11) is 1.65. The van der Waals surface area contributed by atoms with Gasteiger partial charge >= 0.3 is 0 Å². The fourth-order valence-corrected chi connectivity index (χ4v) is 2.21. The highest BCUT2D eigenvalue weighted by Crippen LogP contribution is 2.30. The first-order chi connectivity index (χ1) is 9.29. The standard InChI is InChI=1S/C16H14N2O/c1-19-15-9-5-2-6-11(15)10-14-16(17)12-7-3-4-8-13(12)18-14/h2-10,17-18H,1H3. The average Bonchev–Trinajstić information content (AvgIpc) is 2.77. The van der Waals surface area contributed by atoms with Crippen LogP contribution >= 0.6 is 0 Å². The first-order valence-electron chi connectivity index (χ1n) is 6.09. The van der Waals surface area contributed by atoms with Gasteiger partial charge in [0.05, 0.1) is 18.5 Å². The molecular formula is C16H14N2O. The van der Waals surface area contributed by atoms with Gasteiger partial charge in [-0.15, -0.1) is 0 Å². The second-order valence-electron chi connectivity index (χ2n) is 4.35. The van der Waals surface area contributed by atoms with Crippen molar-refractivity contribution in [1.82, 2.24) is 0 Å². The largest absolute Gasteiger partial charge is 0.496 e. The number of rotatable bonds is 2. The Kier molecular flexibility index (Phi) is 2.80. The summed E-state index contributed by atoms with van der Waals surface area (Å²) >= 11 is 0. The van der Waals surface area contributed by atoms with Crippen molar-refractivity contribution in [2.24, 2.45) is 0 Å². The number of hydrogen-bond donors (Lipinski definition) is 2. The van der Waals surface area contributed by atoms with Gasteiger partial charge in [0.1, 0.15) is 5.75 Å². The SMILES string of the molecule is COc1ccccc1C=C1Nc2ccccc2C1=N. The van der Waals surface area contributed by atoms with E-state index in [2.05, 4.69) is 5.32 Å². The molecule has 94 valence electrons. The Balaban J connectivity index is 2.01. The van der Waals surface area contributed by atoms with Crippen LogP contribution in [0.3, 0.4) is 0 Å². The minimum absolute atomic E-state index is 0.515. The quantitative estimate of drug-likeness (QED) is 0.856. The van der Waals surface area contributed by atoms with E-state index < -0.39 is 0 Å². The van der Waals surface area contributed by atoms with Gasteiger partial charge in [-0.05, 0) is 18.2 Å². The summed E-state index contributed by atoms with van der Waals surface area (Å²) in [5, 5.41) is 11.5. The Morgan fingerprint density at radius 3 is 2.58 bits per heavy atom. The fraction of sp³-hybridized carbons (Fsp3) is 0.0625. The van der Waals surface area contributed by atoms with Crippen LogP contribution in [-0.2, 0) is 0 Å². The van der Waals surface area contributed by atoms with Gasteiger partial charge in [-0.25, -0.2) is 0 Å². The third-order valence-electron chi connectivity index (χ3n) is 3.17. The lowest BCUT2D eigenvalue weighted by Crippen LogP contribution is -2.00. The van der Waals surface area contributed by atoms with Crippen LogP contribution in [0.2, 0.25) is 0 Å². The molecule has 0 unspecified atom stereocenters. The summed E-state index contributed by atoms with van der Waals surface area (Å²) in [5.74, 6) is 0.806. The Morgan fingerprint density at radius 1 is 1.05 bits per heavy atom. The van der Waals surface area contributed by atoms with Crippen molar-refractivity contribution >= 4 is 17.5 Å². The highest BCUT2D eigenvalue weighted by atomic mass is 16.5. The highest BCUT2D eigenvalue weighted by molar-refractivity contribution is 6.22. The molecule has 1 aliphatic rings. The van der Waals surface area contributed by atoms with Crippen LogP contribution in [0.1, 0.15) is 11.1 Å². The van der Waals surface area contributed by atoms with Gasteiger partial charge in [0, 0.05) is 16.8 Å². The van der Waals surface area contributed by atoms with Gasteiger partial charge in [-0.2, -0.15) is 0 Å². The van der Waals surface area contributed by atoms with Gasteiger partial charge in [0.15, 0.2) is 0 Å². The number of nitrogens with one attached hydrogen (secondary N) is 2. The summed E-state index contributed by atoms with van der Waals surface area (Å²) in [6.07, 6.45) is 1.95. The molecule has 3 heteroatoms. The smallest absolute Gasteiger partial charge is 0.126 e. The molecule has 0 aliphatic carbocycles. The molecule has 2 N–H and O–H groups in total. The predicted octanol–water partition coefficient (Wildman–Crippen LogP) is 3.53. The third kappa shape index (κ3) is 1.99. The summed E-state index contributed by atoms with van der Waals surface area (Å²) in [5.41, 5.74) is 4.19. The third-order valence-corrected chi connectivity index (χ3v) is 3.17. The molecule has 0 saturated carbocycles. The first kappa shape index (κ1) is 11.5. The number of anilines is 1. The van der Waals surface area contributed by atoms with Crippen LogP contribution in [0.25, 0.3) is 6.08 Å². The first-order valence-corrected chi connectivity index (χ1v) is 6.09. The van der Waals surface area contributed by atoms with E-state index in [1.54, 1.807) is 7.11 Å². The minimum atomic E-state index is 0.515. The van der Waals surface area contributed by atoms with E-state index in [1.165, 1.54) is 0 Å². The van der Waals surface area contributed by atoms with Crippen LogP contribution in [0.5, 0.6) is 5.75 Å². The molecule has 3 rings (SSSR count). The van der Waals surface area contributed by atoms with E-state index >= 15 is 0 Å². The lowest BCUT2D eigenvalue weighted by Gasteiger charge is -2.05. The Labute approximate surface area is 112 Å². The maximum absolute atomic E-state index is 8.19. The zero-order valence-electron chi connectivity index (χ0n) is 10.6. The van der Waals surface area contributed by atoms with Gasteiger partial charge in [0.2, 0.25) is 0 Å². The number of methoxy groups -OCH3 is 1. The van der Waals surface area contributed by atoms with E-state index in [0.717, 1.165) is 28.3 Å². The predicted molar refractivity (Wildman–Crippen MR) is 77.9 cm³/mol. The zero-order chi connectivity index (χ0) is 13.2. The molecule has 0 aromatic heterocycles. The van der Waals surface area contributed by atoms with Crippen molar-refractivity contribution in [3.63, 3.8) is 0 Å². The molecule has 0 spiro atoms. The molecule has 0 fully saturated rings. The van der Waals surface area contributed by atoms with E-state index in [4.69, 9.17) is 10.1 Å². The van der Waals surface area contributed by atoms with Crippen LogP contribution in [-0.4, -0.2) is 12.8 Å². The fourth-order valence-electron chi connectivity index (χ4n) is 2.21. The molecule has 19 heavy (non-hydrogen) atoms. The van der Waals surface area contributed by atoms with Gasteiger partial charge in [-0.3, -0.25) is 5.41 Å². The molecular weight excluding hydrogens is 236 g/mol. The van der Waals surface area contributed by atoms with Crippen molar-refractivity contribution in [3.8, 4) is 5.75 Å². The summed E-state index contributed by atoms with van der Waals surface area (Å²) in [6, 6.07) is 15.6. The average molecular weight is 250 g/mol. The van der Waals surface area contributed by atoms with E-state index in [-0.39, 0.29) is 0 Å². The Morgan fingerprint density at radius 2 is 1.79 bits per heavy atom. The maximum Gasteiger partial charge on any atom is 0.126 e. The number of para-hydroxylation sites is 2. The molecule has 3 nitrogen and oxygen atoms in total. The van der Waals surface area contributed by atoms with E-state index in [1.807, 2.05) is 54.6 Å². The molecule has 0 bridgehead atoms. The molecule has 2 aromatic carbocycles. The molecule has 0 atom stereocenters. The van der Waals surface area contributed by atoms with Crippen LogP contribution in [0, 0.1) is 5.41 Å². The summed E-state index contributed by atoms with van der Waals surface area (Å²) in [6.45, 7) is 0. The van der Waals surface area contributed by atoms with Crippen molar-refractivity contribution < 1.29 is 4.74 Å². The molecule has 1 aliphatic heterocycles. The zero-order valence-corrected chi connectivity index (χ0v) is 10.6. The van der Waals surface area contributed by atoms with E-state index in [0.29, 0.717) is 5.71 Å². The number of fused-ring (bicyclic) bond motifs is 1. The lowest BCUT2D eigenvalue weighted by atomic mass is 10.1. The number of hydrogen-bond acceptors (Lipinski definition) is 3. The summed E-state index contributed by atoms with van der Waals surface area (Å²) in [4.78, 5) is 0. The molecule has 1 heterocycles. The van der Waals surface area contributed by atoms with Crippen LogP contribution < -0.4 is 10.1 Å². The monoisotopic (exact) mass is 250 g/mol. The Bertz CT molecular complexity index is 674. The van der Waals surface area contributed by atoms with Crippen molar-refractivity contribution in [1.29, 1.82) is 5.41 Å². The van der Waals surface area contributed by atoms with Crippen molar-refractivity contribution in [2.45, 2.75) is 0 Å². The maximum atomic E-state index is 8.19. The van der Waals surface area contributed by atoms with Crippen LogP contribution in [0.4, 0.5) is 5.69 Å². The van der Waals surface area contributed by atoms with Crippen molar-refractivity contribution in [2.75, 3.05) is 12.4 Å². The molecule has 2 aromatic rings. The lowest BCUT2D eigenvalue weighted by molar-refractivity contribution is 0.414. The Hall–Kier alpha value is -2.55. The number of ether oxygens (including phenoxy) is 1. The minimum Gasteiger partial charge on any atom is -0.496 e. The van der Waals surface area contributed by atoms with Gasteiger partial charge < -0.3 is 10.1 Å². The second kappa shape index (κ2) is 4.61. The topological polar surface area (TPSA) is 45.1 Å². The molecule has 0 saturated heterocycles. The van der Waals surface area contributed by atoms with Crippen LogP contribution in [0.15, 0.2) is 54.2 Å². The second-order valence-corrected chi connectivity index (χ2v) is 4.35. The molecule has 0 amide bonds. The normalized spacial score (nSPS) is 15.2. The highest BCUT2D eigenvalue weighted by Gasteiger charge is 2.20.